The Labute approximate surface area is 163 Å². The van der Waals surface area contributed by atoms with Crippen LogP contribution in [0.3, 0.4) is 0 Å². The average molecular weight is 388 g/mol. The molecule has 2 aromatic rings. The Hall–Kier alpha value is -2.73. The van der Waals surface area contributed by atoms with E-state index >= 15 is 0 Å². The fourth-order valence-electron chi connectivity index (χ4n) is 3.05. The van der Waals surface area contributed by atoms with Crippen molar-refractivity contribution in [1.29, 1.82) is 0 Å². The summed E-state index contributed by atoms with van der Waals surface area (Å²) in [7, 11) is 1.34. The lowest BCUT2D eigenvalue weighted by Gasteiger charge is -2.36. The molecule has 1 fully saturated rings. The zero-order valence-electron chi connectivity index (χ0n) is 15.2. The first-order chi connectivity index (χ1) is 13.1. The molecule has 2 aromatic carbocycles. The highest BCUT2D eigenvalue weighted by Crippen LogP contribution is 2.21. The summed E-state index contributed by atoms with van der Waals surface area (Å²) in [5.41, 5.74) is 2.24. The van der Waals surface area contributed by atoms with Crippen LogP contribution in [0, 0.1) is 0 Å². The summed E-state index contributed by atoms with van der Waals surface area (Å²) in [5, 5.41) is 3.79. The van der Waals surface area contributed by atoms with Gasteiger partial charge in [-0.05, 0) is 36.4 Å². The molecule has 1 N–H and O–H groups in total. The number of benzene rings is 2. The molecule has 27 heavy (non-hydrogen) atoms. The number of halogens is 1. The van der Waals surface area contributed by atoms with E-state index in [0.717, 1.165) is 18.8 Å². The average Bonchev–Trinajstić information content (AvgIpc) is 2.71. The number of carbonyl (C=O) groups is 2. The largest absolute Gasteiger partial charge is 0.465 e. The van der Waals surface area contributed by atoms with Crippen LogP contribution in [-0.4, -0.2) is 56.6 Å². The first-order valence-electron chi connectivity index (χ1n) is 8.77. The number of carbonyl (C=O) groups excluding carboxylic acids is 2. The molecule has 0 aliphatic carbocycles. The molecule has 0 saturated carbocycles. The van der Waals surface area contributed by atoms with Crippen molar-refractivity contribution < 1.29 is 14.3 Å². The summed E-state index contributed by atoms with van der Waals surface area (Å²) < 4.78 is 4.71. The van der Waals surface area contributed by atoms with Crippen molar-refractivity contribution in [3.63, 3.8) is 0 Å². The van der Waals surface area contributed by atoms with Crippen LogP contribution < -0.4 is 10.2 Å². The molecule has 0 radical (unpaired) electrons. The molecule has 6 nitrogen and oxygen atoms in total. The van der Waals surface area contributed by atoms with E-state index < -0.39 is 5.97 Å². The van der Waals surface area contributed by atoms with Crippen LogP contribution in [0.2, 0.25) is 5.02 Å². The number of piperazine rings is 1. The Balaban J connectivity index is 1.51. The number of amides is 1. The van der Waals surface area contributed by atoms with Gasteiger partial charge in [0, 0.05) is 42.6 Å². The van der Waals surface area contributed by atoms with Crippen molar-refractivity contribution in [2.75, 3.05) is 50.1 Å². The highest BCUT2D eigenvalue weighted by atomic mass is 35.5. The summed E-state index contributed by atoms with van der Waals surface area (Å²) >= 11 is 6.05. The summed E-state index contributed by atoms with van der Waals surface area (Å²) in [6.45, 7) is 3.04. The quantitative estimate of drug-likeness (QED) is 0.799. The van der Waals surface area contributed by atoms with Gasteiger partial charge in [-0.15, -0.1) is 0 Å². The predicted molar refractivity (Wildman–Crippen MR) is 107 cm³/mol. The van der Waals surface area contributed by atoms with Crippen LogP contribution in [0.5, 0.6) is 0 Å². The van der Waals surface area contributed by atoms with Gasteiger partial charge in [0.05, 0.1) is 19.2 Å². The monoisotopic (exact) mass is 387 g/mol. The topological polar surface area (TPSA) is 61.9 Å². The summed E-state index contributed by atoms with van der Waals surface area (Å²) in [5.74, 6) is -0.369. The molecule has 0 aromatic heterocycles. The van der Waals surface area contributed by atoms with Crippen LogP contribution in [0.1, 0.15) is 10.4 Å². The number of ether oxygens (including phenoxy) is 1. The second-order valence-electron chi connectivity index (χ2n) is 6.27. The Morgan fingerprint density at radius 1 is 1.07 bits per heavy atom. The summed E-state index contributed by atoms with van der Waals surface area (Å²) in [6.07, 6.45) is 0. The number of nitrogens with zero attached hydrogens (tertiary/aromatic N) is 2. The van der Waals surface area contributed by atoms with Crippen molar-refractivity contribution in [1.82, 2.24) is 4.90 Å². The molecule has 7 heteroatoms. The third kappa shape index (κ3) is 4.92. The second kappa shape index (κ2) is 8.77. The Morgan fingerprint density at radius 3 is 2.52 bits per heavy atom. The highest BCUT2D eigenvalue weighted by Gasteiger charge is 2.21. The number of nitrogens with one attached hydrogen (secondary N) is 1. The molecule has 1 saturated heterocycles. The number of esters is 1. The molecule has 1 aliphatic rings. The lowest BCUT2D eigenvalue weighted by molar-refractivity contribution is -0.129. The third-order valence-corrected chi connectivity index (χ3v) is 4.77. The minimum Gasteiger partial charge on any atom is -0.465 e. The van der Waals surface area contributed by atoms with Gasteiger partial charge in [-0.3, -0.25) is 4.79 Å². The van der Waals surface area contributed by atoms with Crippen molar-refractivity contribution >= 4 is 34.9 Å². The lowest BCUT2D eigenvalue weighted by atomic mass is 10.2. The Kier molecular flexibility index (Phi) is 6.19. The van der Waals surface area contributed by atoms with E-state index in [1.165, 1.54) is 7.11 Å². The molecule has 0 unspecified atom stereocenters. The van der Waals surface area contributed by atoms with Gasteiger partial charge in [0.1, 0.15) is 0 Å². The van der Waals surface area contributed by atoms with Gasteiger partial charge >= 0.3 is 5.97 Å². The van der Waals surface area contributed by atoms with Gasteiger partial charge in [0.15, 0.2) is 0 Å². The van der Waals surface area contributed by atoms with E-state index in [4.69, 9.17) is 16.3 Å². The van der Waals surface area contributed by atoms with Crippen molar-refractivity contribution in [3.05, 3.63) is 59.1 Å². The van der Waals surface area contributed by atoms with Gasteiger partial charge < -0.3 is 19.9 Å². The summed E-state index contributed by atoms with van der Waals surface area (Å²) in [6, 6.07) is 14.7. The van der Waals surface area contributed by atoms with Crippen LogP contribution >= 0.6 is 11.6 Å². The molecular weight excluding hydrogens is 366 g/mol. The molecule has 3 rings (SSSR count). The Morgan fingerprint density at radius 2 is 1.81 bits per heavy atom. The molecule has 1 heterocycles. The standard InChI is InChI=1S/C20H22ClN3O3/c1-27-20(26)15-4-2-6-17(12-15)22-14-19(25)24-10-8-23(9-11-24)18-7-3-5-16(21)13-18/h2-7,12-13,22H,8-11,14H2,1H3. The van der Waals surface area contributed by atoms with Crippen molar-refractivity contribution in [2.24, 2.45) is 0 Å². The Bertz CT molecular complexity index is 820. The fraction of sp³-hybridized carbons (Fsp3) is 0.300. The van der Waals surface area contributed by atoms with E-state index in [1.54, 1.807) is 18.2 Å². The van der Waals surface area contributed by atoms with Crippen LogP contribution in [0.25, 0.3) is 0 Å². The maximum atomic E-state index is 12.5. The third-order valence-electron chi connectivity index (χ3n) is 4.53. The molecule has 0 bridgehead atoms. The van der Waals surface area contributed by atoms with Crippen LogP contribution in [0.4, 0.5) is 11.4 Å². The maximum absolute atomic E-state index is 12.5. The number of rotatable bonds is 5. The number of anilines is 2. The van der Waals surface area contributed by atoms with Crippen molar-refractivity contribution in [3.8, 4) is 0 Å². The van der Waals surface area contributed by atoms with Gasteiger partial charge in [-0.25, -0.2) is 4.79 Å². The molecule has 0 spiro atoms. The lowest BCUT2D eigenvalue weighted by Crippen LogP contribution is -2.50. The van der Waals surface area contributed by atoms with E-state index in [2.05, 4.69) is 10.2 Å². The SMILES string of the molecule is COC(=O)c1cccc(NCC(=O)N2CCN(c3cccc(Cl)c3)CC2)c1. The minimum atomic E-state index is -0.401. The molecule has 1 amide bonds. The molecule has 142 valence electrons. The molecule has 1 aliphatic heterocycles. The van der Waals surface area contributed by atoms with E-state index in [-0.39, 0.29) is 12.5 Å². The zero-order valence-corrected chi connectivity index (χ0v) is 15.9. The van der Waals surface area contributed by atoms with E-state index in [0.29, 0.717) is 29.4 Å². The highest BCUT2D eigenvalue weighted by molar-refractivity contribution is 6.30. The molecular formula is C20H22ClN3O3. The van der Waals surface area contributed by atoms with Gasteiger partial charge in [-0.2, -0.15) is 0 Å². The maximum Gasteiger partial charge on any atom is 0.337 e. The second-order valence-corrected chi connectivity index (χ2v) is 6.71. The minimum absolute atomic E-state index is 0.0317. The number of methoxy groups -OCH3 is 1. The van der Waals surface area contributed by atoms with Crippen LogP contribution in [-0.2, 0) is 9.53 Å². The van der Waals surface area contributed by atoms with E-state index in [1.807, 2.05) is 35.2 Å². The first kappa shape index (κ1) is 19.0. The summed E-state index contributed by atoms with van der Waals surface area (Å²) in [4.78, 5) is 28.1. The zero-order chi connectivity index (χ0) is 19.2. The molecule has 0 atom stereocenters. The van der Waals surface area contributed by atoms with E-state index in [9.17, 15) is 9.59 Å². The number of hydrogen-bond acceptors (Lipinski definition) is 5. The van der Waals surface area contributed by atoms with Gasteiger partial charge in [-0.1, -0.05) is 23.7 Å². The van der Waals surface area contributed by atoms with Gasteiger partial charge in [0.25, 0.3) is 0 Å². The number of hydrogen-bond donors (Lipinski definition) is 1. The normalized spacial score (nSPS) is 14.0. The van der Waals surface area contributed by atoms with Crippen molar-refractivity contribution in [2.45, 2.75) is 0 Å². The van der Waals surface area contributed by atoms with Crippen LogP contribution in [0.15, 0.2) is 48.5 Å². The van der Waals surface area contributed by atoms with Gasteiger partial charge in [0.2, 0.25) is 5.91 Å². The fourth-order valence-corrected chi connectivity index (χ4v) is 3.23. The smallest absolute Gasteiger partial charge is 0.337 e. The predicted octanol–water partition coefficient (Wildman–Crippen LogP) is 2.89. The first-order valence-corrected chi connectivity index (χ1v) is 9.15.